The molecule has 0 aliphatic carbocycles. The van der Waals surface area contributed by atoms with Gasteiger partial charge in [0.15, 0.2) is 11.5 Å². The lowest BCUT2D eigenvalue weighted by Crippen LogP contribution is -2.47. The first-order chi connectivity index (χ1) is 20.1. The molecule has 2 heterocycles. The van der Waals surface area contributed by atoms with Crippen molar-refractivity contribution in [2.45, 2.75) is 58.3 Å². The van der Waals surface area contributed by atoms with Crippen LogP contribution in [-0.4, -0.2) is 92.3 Å². The molecule has 11 nitrogen and oxygen atoms in total. The standard InChI is InChI=1S/C31H44N4O7/c1-20-16-35(21(2)18-36)30(37)25-14-23(32-31(38)33-24-10-12-27-28(15-24)41-19-40-27)9-11-26(25)42-22(3)8-6-7-13-39-29(20)17-34(4)5/h9-12,14-15,20-22,29,36H,6-8,13,16-19H2,1-5H3,(H2,32,33,38)/t20-,21+,22-,29+/m0/s1. The third-order valence-electron chi connectivity index (χ3n) is 7.48. The molecule has 0 fully saturated rings. The monoisotopic (exact) mass is 584 g/mol. The van der Waals surface area contributed by atoms with Gasteiger partial charge in [0, 0.05) is 43.1 Å². The smallest absolute Gasteiger partial charge is 0.323 e. The number of likely N-dealkylation sites (N-methyl/N-ethyl adjacent to an activating group) is 1. The molecule has 11 heteroatoms. The van der Waals surface area contributed by atoms with E-state index in [1.807, 2.05) is 27.9 Å². The number of carbonyl (C=O) groups excluding carboxylic acids is 2. The van der Waals surface area contributed by atoms with Gasteiger partial charge in [-0.25, -0.2) is 4.79 Å². The van der Waals surface area contributed by atoms with Crippen molar-refractivity contribution in [2.24, 2.45) is 5.92 Å². The fraction of sp³-hybridized carbons (Fsp3) is 0.548. The van der Waals surface area contributed by atoms with E-state index < -0.39 is 12.1 Å². The highest BCUT2D eigenvalue weighted by atomic mass is 16.7. The molecule has 0 spiro atoms. The highest BCUT2D eigenvalue weighted by Crippen LogP contribution is 2.34. The molecule has 0 saturated carbocycles. The number of aliphatic hydroxyl groups excluding tert-OH is 1. The Balaban J connectivity index is 1.60. The molecule has 2 aromatic rings. The zero-order chi connectivity index (χ0) is 30.2. The Morgan fingerprint density at radius 1 is 1.05 bits per heavy atom. The van der Waals surface area contributed by atoms with Crippen molar-refractivity contribution in [3.8, 4) is 17.2 Å². The summed E-state index contributed by atoms with van der Waals surface area (Å²) in [6, 6.07) is 9.28. The number of urea groups is 1. The van der Waals surface area contributed by atoms with Gasteiger partial charge in [-0.3, -0.25) is 4.79 Å². The normalized spacial score (nSPS) is 22.1. The van der Waals surface area contributed by atoms with Gasteiger partial charge in [-0.2, -0.15) is 0 Å². The first kappa shape index (κ1) is 31.4. The number of hydrogen-bond acceptors (Lipinski definition) is 8. The molecule has 0 aromatic heterocycles. The zero-order valence-electron chi connectivity index (χ0n) is 25.2. The Morgan fingerprint density at radius 3 is 2.45 bits per heavy atom. The summed E-state index contributed by atoms with van der Waals surface area (Å²) in [6.45, 7) is 7.57. The van der Waals surface area contributed by atoms with E-state index in [1.54, 1.807) is 41.3 Å². The second kappa shape index (κ2) is 14.6. The molecular weight excluding hydrogens is 540 g/mol. The Labute approximate surface area is 248 Å². The molecule has 4 atom stereocenters. The fourth-order valence-electron chi connectivity index (χ4n) is 5.09. The quantitative estimate of drug-likeness (QED) is 0.457. The number of hydrogen-bond donors (Lipinski definition) is 3. The molecule has 0 radical (unpaired) electrons. The predicted octanol–water partition coefficient (Wildman–Crippen LogP) is 4.42. The highest BCUT2D eigenvalue weighted by Gasteiger charge is 2.30. The van der Waals surface area contributed by atoms with Crippen LogP contribution in [0.1, 0.15) is 50.4 Å². The molecule has 2 aliphatic heterocycles. The second-order valence-electron chi connectivity index (χ2n) is 11.4. The molecule has 0 bridgehead atoms. The maximum absolute atomic E-state index is 14.2. The van der Waals surface area contributed by atoms with Gasteiger partial charge >= 0.3 is 6.03 Å². The Morgan fingerprint density at radius 2 is 1.74 bits per heavy atom. The number of anilines is 2. The van der Waals surface area contributed by atoms with E-state index >= 15 is 0 Å². The third kappa shape index (κ3) is 8.27. The number of nitrogens with one attached hydrogen (secondary N) is 2. The van der Waals surface area contributed by atoms with E-state index in [0.717, 1.165) is 25.8 Å². The van der Waals surface area contributed by atoms with Gasteiger partial charge in [0.2, 0.25) is 6.79 Å². The van der Waals surface area contributed by atoms with Crippen LogP contribution in [0, 0.1) is 5.92 Å². The molecular formula is C31H44N4O7. The van der Waals surface area contributed by atoms with E-state index in [2.05, 4.69) is 22.5 Å². The van der Waals surface area contributed by atoms with Crippen LogP contribution in [0.25, 0.3) is 0 Å². The second-order valence-corrected chi connectivity index (χ2v) is 11.4. The Hall–Kier alpha value is -3.54. The summed E-state index contributed by atoms with van der Waals surface area (Å²) in [4.78, 5) is 30.8. The van der Waals surface area contributed by atoms with Crippen LogP contribution in [-0.2, 0) is 4.74 Å². The van der Waals surface area contributed by atoms with Gasteiger partial charge in [0.05, 0.1) is 30.4 Å². The van der Waals surface area contributed by atoms with E-state index in [0.29, 0.717) is 47.3 Å². The molecule has 2 aromatic carbocycles. The minimum absolute atomic E-state index is 0.00497. The number of ether oxygens (including phenoxy) is 4. The molecule has 230 valence electrons. The Bertz CT molecular complexity index is 1220. The number of rotatable bonds is 6. The van der Waals surface area contributed by atoms with Crippen LogP contribution >= 0.6 is 0 Å². The van der Waals surface area contributed by atoms with Crippen molar-refractivity contribution < 1.29 is 33.6 Å². The minimum atomic E-state index is -0.477. The number of nitrogens with zero attached hydrogens (tertiary/aromatic N) is 2. The van der Waals surface area contributed by atoms with Gasteiger partial charge in [-0.15, -0.1) is 0 Å². The molecule has 4 rings (SSSR count). The van der Waals surface area contributed by atoms with Gasteiger partial charge in [-0.1, -0.05) is 6.92 Å². The van der Waals surface area contributed by atoms with Crippen molar-refractivity contribution >= 4 is 23.3 Å². The summed E-state index contributed by atoms with van der Waals surface area (Å²) in [6.07, 6.45) is 2.44. The van der Waals surface area contributed by atoms with E-state index in [-0.39, 0.29) is 37.4 Å². The maximum atomic E-state index is 14.2. The lowest BCUT2D eigenvalue weighted by Gasteiger charge is -2.35. The SMILES string of the molecule is C[C@H](CO)N1C[C@H](C)[C@@H](CN(C)C)OCCCC[C@H](C)Oc2ccc(NC(=O)Nc3ccc4c(c3)OCO4)cc2C1=O. The number of aliphatic hydroxyl groups is 1. The van der Waals surface area contributed by atoms with E-state index in [1.165, 1.54) is 0 Å². The average Bonchev–Trinajstić information content (AvgIpc) is 3.42. The lowest BCUT2D eigenvalue weighted by molar-refractivity contribution is -0.0137. The summed E-state index contributed by atoms with van der Waals surface area (Å²) < 4.78 is 23.3. The van der Waals surface area contributed by atoms with Crippen molar-refractivity contribution in [1.29, 1.82) is 0 Å². The molecule has 42 heavy (non-hydrogen) atoms. The summed E-state index contributed by atoms with van der Waals surface area (Å²) >= 11 is 0. The summed E-state index contributed by atoms with van der Waals surface area (Å²) in [7, 11) is 4.01. The van der Waals surface area contributed by atoms with Crippen molar-refractivity contribution in [1.82, 2.24) is 9.80 Å². The molecule has 0 saturated heterocycles. The van der Waals surface area contributed by atoms with Crippen LogP contribution in [0.3, 0.4) is 0 Å². The van der Waals surface area contributed by atoms with Gasteiger partial charge < -0.3 is 44.5 Å². The first-order valence-corrected chi connectivity index (χ1v) is 14.6. The number of amides is 3. The lowest BCUT2D eigenvalue weighted by atomic mass is 10.0. The van der Waals surface area contributed by atoms with Crippen LogP contribution in [0.5, 0.6) is 17.2 Å². The van der Waals surface area contributed by atoms with Crippen molar-refractivity contribution in [3.05, 3.63) is 42.0 Å². The van der Waals surface area contributed by atoms with Crippen LogP contribution < -0.4 is 24.8 Å². The predicted molar refractivity (Wildman–Crippen MR) is 161 cm³/mol. The number of benzene rings is 2. The topological polar surface area (TPSA) is 122 Å². The largest absolute Gasteiger partial charge is 0.490 e. The van der Waals surface area contributed by atoms with E-state index in [9.17, 15) is 14.7 Å². The average molecular weight is 585 g/mol. The minimum Gasteiger partial charge on any atom is -0.490 e. The number of fused-ring (bicyclic) bond motifs is 2. The van der Waals surface area contributed by atoms with Gasteiger partial charge in [0.1, 0.15) is 5.75 Å². The molecule has 3 N–H and O–H groups in total. The molecule has 2 aliphatic rings. The summed E-state index contributed by atoms with van der Waals surface area (Å²) in [5, 5.41) is 15.7. The van der Waals surface area contributed by atoms with Crippen LogP contribution in [0.4, 0.5) is 16.2 Å². The first-order valence-electron chi connectivity index (χ1n) is 14.6. The summed E-state index contributed by atoms with van der Waals surface area (Å²) in [5.74, 6) is 1.34. The fourth-order valence-corrected chi connectivity index (χ4v) is 5.09. The Kier molecular flexibility index (Phi) is 10.9. The van der Waals surface area contributed by atoms with Gasteiger partial charge in [-0.05, 0) is 77.5 Å². The van der Waals surface area contributed by atoms with Crippen LogP contribution in [0.15, 0.2) is 36.4 Å². The van der Waals surface area contributed by atoms with Crippen molar-refractivity contribution in [2.75, 3.05) is 57.8 Å². The molecule has 0 unspecified atom stereocenters. The zero-order valence-corrected chi connectivity index (χ0v) is 25.2. The van der Waals surface area contributed by atoms with Crippen LogP contribution in [0.2, 0.25) is 0 Å². The van der Waals surface area contributed by atoms with Gasteiger partial charge in [0.25, 0.3) is 5.91 Å². The van der Waals surface area contributed by atoms with E-state index in [4.69, 9.17) is 18.9 Å². The third-order valence-corrected chi connectivity index (χ3v) is 7.48. The maximum Gasteiger partial charge on any atom is 0.323 e. The van der Waals surface area contributed by atoms with Crippen molar-refractivity contribution in [3.63, 3.8) is 0 Å². The summed E-state index contributed by atoms with van der Waals surface area (Å²) in [5.41, 5.74) is 1.28. The molecule has 3 amide bonds. The highest BCUT2D eigenvalue weighted by molar-refractivity contribution is 6.02. The number of carbonyl (C=O) groups is 2.